The minimum absolute atomic E-state index is 0.125. The Kier molecular flexibility index (Phi) is 7.68. The minimum atomic E-state index is -0.379. The third kappa shape index (κ3) is 6.69. The van der Waals surface area contributed by atoms with Crippen molar-refractivity contribution in [3.63, 3.8) is 0 Å². The Labute approximate surface area is 120 Å². The van der Waals surface area contributed by atoms with E-state index >= 15 is 0 Å². The van der Waals surface area contributed by atoms with Crippen LogP contribution in [-0.4, -0.2) is 28.1 Å². The number of nitrogens with zero attached hydrogens (tertiary/aromatic N) is 1. The Hall–Kier alpha value is -0.933. The summed E-state index contributed by atoms with van der Waals surface area (Å²) in [5.74, 6) is 0. The number of benzene rings is 1. The Morgan fingerprint density at radius 2 is 1.89 bits per heavy atom. The zero-order valence-corrected chi connectivity index (χ0v) is 14.0. The third-order valence-electron chi connectivity index (χ3n) is 3.67. The quantitative estimate of drug-likeness (QED) is 0.384. The van der Waals surface area contributed by atoms with Crippen molar-refractivity contribution in [1.29, 1.82) is 0 Å². The van der Waals surface area contributed by atoms with Gasteiger partial charge in [0.15, 0.2) is 9.76 Å². The lowest BCUT2D eigenvalue weighted by Crippen LogP contribution is -2.28. The molecule has 0 aliphatic heterocycles. The summed E-state index contributed by atoms with van der Waals surface area (Å²) in [7, 11) is -0.379. The molecule has 1 aromatic carbocycles. The van der Waals surface area contributed by atoms with E-state index in [1.807, 2.05) is 24.4 Å². The minimum Gasteiger partial charge on any atom is -0.419 e. The molecule has 2 nitrogen and oxygen atoms in total. The van der Waals surface area contributed by atoms with E-state index in [1.54, 1.807) is 0 Å². The fraction of sp³-hybridized carbons (Fsp3) is 0.562. The molecule has 106 valence electrons. The molecule has 0 saturated carbocycles. The molecule has 0 aromatic heterocycles. The van der Waals surface area contributed by atoms with E-state index < -0.39 is 0 Å². The van der Waals surface area contributed by atoms with Gasteiger partial charge in [0.1, 0.15) is 0 Å². The first-order valence-electron chi connectivity index (χ1n) is 7.39. The second kappa shape index (κ2) is 9.05. The zero-order valence-electron chi connectivity index (χ0n) is 12.6. The summed E-state index contributed by atoms with van der Waals surface area (Å²) in [6, 6.07) is 11.5. The average molecular weight is 277 g/mol. The molecule has 0 radical (unpaired) electrons. The van der Waals surface area contributed by atoms with Gasteiger partial charge in [-0.1, -0.05) is 44.2 Å². The summed E-state index contributed by atoms with van der Waals surface area (Å²) in [5.41, 5.74) is 1.31. The molecule has 0 bridgehead atoms. The maximum atomic E-state index is 6.08. The van der Waals surface area contributed by atoms with Crippen molar-refractivity contribution in [3.05, 3.63) is 35.9 Å². The summed E-state index contributed by atoms with van der Waals surface area (Å²) in [4.78, 5) is 4.46. The summed E-state index contributed by atoms with van der Waals surface area (Å²) in [6.45, 7) is 7.57. The second-order valence-electron chi connectivity index (χ2n) is 5.16. The first-order chi connectivity index (χ1) is 9.20. The van der Waals surface area contributed by atoms with Crippen molar-refractivity contribution in [2.24, 2.45) is 4.99 Å². The Morgan fingerprint density at radius 1 is 1.21 bits per heavy atom. The lowest BCUT2D eigenvalue weighted by molar-refractivity contribution is 0.0851. The van der Waals surface area contributed by atoms with Crippen molar-refractivity contribution in [2.75, 3.05) is 6.54 Å². The SMILES string of the molecule is CCC(C)(CC)O[SiH2]CCCN=Cc1ccccc1. The van der Waals surface area contributed by atoms with Gasteiger partial charge in [-0.3, -0.25) is 4.99 Å². The summed E-state index contributed by atoms with van der Waals surface area (Å²) < 4.78 is 6.08. The molecule has 0 aliphatic rings. The van der Waals surface area contributed by atoms with Crippen LogP contribution >= 0.6 is 0 Å². The third-order valence-corrected chi connectivity index (χ3v) is 5.36. The lowest BCUT2D eigenvalue weighted by Gasteiger charge is -2.27. The summed E-state index contributed by atoms with van der Waals surface area (Å²) in [6.07, 6.45) is 5.34. The lowest BCUT2D eigenvalue weighted by atomic mass is 10.0. The fourth-order valence-electron chi connectivity index (χ4n) is 1.79. The van der Waals surface area contributed by atoms with Gasteiger partial charge in [0.2, 0.25) is 0 Å². The van der Waals surface area contributed by atoms with Crippen LogP contribution in [0.5, 0.6) is 0 Å². The van der Waals surface area contributed by atoms with Gasteiger partial charge < -0.3 is 4.43 Å². The molecule has 0 saturated heterocycles. The number of rotatable bonds is 9. The van der Waals surface area contributed by atoms with E-state index in [0.717, 1.165) is 25.8 Å². The fourth-order valence-corrected chi connectivity index (χ4v) is 3.26. The van der Waals surface area contributed by atoms with E-state index in [0.29, 0.717) is 0 Å². The Balaban J connectivity index is 2.10. The highest BCUT2D eigenvalue weighted by Crippen LogP contribution is 2.18. The van der Waals surface area contributed by atoms with E-state index in [-0.39, 0.29) is 15.4 Å². The van der Waals surface area contributed by atoms with Gasteiger partial charge in [0.05, 0.1) is 5.60 Å². The van der Waals surface area contributed by atoms with Crippen LogP contribution in [0.3, 0.4) is 0 Å². The molecule has 1 rings (SSSR count). The van der Waals surface area contributed by atoms with E-state index in [9.17, 15) is 0 Å². The Bertz CT molecular complexity index is 360. The molecule has 0 fully saturated rings. The highest BCUT2D eigenvalue weighted by molar-refractivity contribution is 6.27. The molecular formula is C16H27NOSi. The van der Waals surface area contributed by atoms with Crippen molar-refractivity contribution in [3.8, 4) is 0 Å². The predicted molar refractivity (Wildman–Crippen MR) is 86.9 cm³/mol. The molecule has 1 aromatic rings. The van der Waals surface area contributed by atoms with Crippen LogP contribution in [0, 0.1) is 0 Å². The maximum Gasteiger partial charge on any atom is 0.162 e. The van der Waals surface area contributed by atoms with Crippen LogP contribution in [0.4, 0.5) is 0 Å². The van der Waals surface area contributed by atoms with E-state index in [2.05, 4.69) is 37.9 Å². The maximum absolute atomic E-state index is 6.08. The summed E-state index contributed by atoms with van der Waals surface area (Å²) in [5, 5.41) is 0. The van der Waals surface area contributed by atoms with Crippen LogP contribution in [0.25, 0.3) is 0 Å². The molecule has 0 N–H and O–H groups in total. The van der Waals surface area contributed by atoms with Crippen LogP contribution < -0.4 is 0 Å². The monoisotopic (exact) mass is 277 g/mol. The molecule has 0 amide bonds. The molecular weight excluding hydrogens is 250 g/mol. The molecule has 0 heterocycles. The topological polar surface area (TPSA) is 21.6 Å². The van der Waals surface area contributed by atoms with Crippen molar-refractivity contribution in [2.45, 2.75) is 51.7 Å². The standard InChI is InChI=1S/C16H27NOSi/c1-4-16(3,5-2)18-19-13-9-12-17-14-15-10-7-6-8-11-15/h6-8,10-11,14H,4-5,9,12-13,19H2,1-3H3. The van der Waals surface area contributed by atoms with Gasteiger partial charge in [-0.2, -0.15) is 0 Å². The number of hydrogen-bond acceptors (Lipinski definition) is 2. The highest BCUT2D eigenvalue weighted by Gasteiger charge is 2.18. The van der Waals surface area contributed by atoms with Crippen LogP contribution in [-0.2, 0) is 4.43 Å². The van der Waals surface area contributed by atoms with Crippen molar-refractivity contribution < 1.29 is 4.43 Å². The zero-order chi connectivity index (χ0) is 14.0. The molecule has 0 atom stereocenters. The predicted octanol–water partition coefficient (Wildman–Crippen LogP) is 3.59. The molecule has 3 heteroatoms. The van der Waals surface area contributed by atoms with Gasteiger partial charge in [-0.25, -0.2) is 0 Å². The van der Waals surface area contributed by atoms with Gasteiger partial charge in [-0.05, 0) is 37.8 Å². The molecule has 0 spiro atoms. The molecule has 0 aliphatic carbocycles. The van der Waals surface area contributed by atoms with Crippen LogP contribution in [0.15, 0.2) is 35.3 Å². The van der Waals surface area contributed by atoms with Crippen molar-refractivity contribution in [1.82, 2.24) is 0 Å². The van der Waals surface area contributed by atoms with E-state index in [4.69, 9.17) is 4.43 Å². The largest absolute Gasteiger partial charge is 0.419 e. The van der Waals surface area contributed by atoms with Gasteiger partial charge in [0, 0.05) is 12.8 Å². The van der Waals surface area contributed by atoms with Crippen molar-refractivity contribution >= 4 is 16.0 Å². The van der Waals surface area contributed by atoms with Crippen LogP contribution in [0.1, 0.15) is 45.6 Å². The van der Waals surface area contributed by atoms with Gasteiger partial charge >= 0.3 is 0 Å². The number of aliphatic imine (C=N–C) groups is 1. The molecule has 0 unspecified atom stereocenters. The Morgan fingerprint density at radius 3 is 2.53 bits per heavy atom. The summed E-state index contributed by atoms with van der Waals surface area (Å²) >= 11 is 0. The van der Waals surface area contributed by atoms with Gasteiger partial charge in [-0.15, -0.1) is 0 Å². The van der Waals surface area contributed by atoms with Crippen LogP contribution in [0.2, 0.25) is 6.04 Å². The van der Waals surface area contributed by atoms with E-state index in [1.165, 1.54) is 11.6 Å². The molecule has 19 heavy (non-hydrogen) atoms. The number of hydrogen-bond donors (Lipinski definition) is 0. The second-order valence-corrected chi connectivity index (χ2v) is 6.56. The first-order valence-corrected chi connectivity index (χ1v) is 8.97. The first kappa shape index (κ1) is 16.1. The van der Waals surface area contributed by atoms with Gasteiger partial charge in [0.25, 0.3) is 0 Å². The smallest absolute Gasteiger partial charge is 0.162 e. The normalized spacial score (nSPS) is 12.8. The highest BCUT2D eigenvalue weighted by atomic mass is 28.2. The average Bonchev–Trinajstić information content (AvgIpc) is 2.47.